The predicted molar refractivity (Wildman–Crippen MR) is 84.1 cm³/mol. The van der Waals surface area contributed by atoms with Crippen molar-refractivity contribution in [2.75, 3.05) is 20.2 Å². The number of likely N-dealkylation sites (N-methyl/N-ethyl adjacent to an activating group) is 1. The summed E-state index contributed by atoms with van der Waals surface area (Å²) in [7, 11) is 4.05. The molecule has 0 amide bonds. The summed E-state index contributed by atoms with van der Waals surface area (Å²) in [5, 5.41) is 0. The van der Waals surface area contributed by atoms with Crippen LogP contribution in [0.15, 0.2) is 36.7 Å². The molecule has 5 heteroatoms. The summed E-state index contributed by atoms with van der Waals surface area (Å²) in [6.07, 6.45) is 3.76. The molecule has 1 unspecified atom stereocenters. The van der Waals surface area contributed by atoms with Gasteiger partial charge in [0.05, 0.1) is 13.2 Å². The van der Waals surface area contributed by atoms with Gasteiger partial charge in [0.25, 0.3) is 0 Å². The van der Waals surface area contributed by atoms with Crippen molar-refractivity contribution in [3.8, 4) is 5.75 Å². The molecule has 0 aliphatic heterocycles. The Kier molecular flexibility index (Phi) is 5.36. The van der Waals surface area contributed by atoms with Crippen LogP contribution in [-0.2, 0) is 13.6 Å². The highest BCUT2D eigenvalue weighted by atomic mass is 16.5. The van der Waals surface area contributed by atoms with Crippen molar-refractivity contribution >= 4 is 0 Å². The Hall–Kier alpha value is -1.85. The molecular formula is C16H24N4O. The van der Waals surface area contributed by atoms with E-state index in [1.54, 1.807) is 0 Å². The molecule has 0 radical (unpaired) electrons. The van der Waals surface area contributed by atoms with Gasteiger partial charge in [-0.3, -0.25) is 4.90 Å². The van der Waals surface area contributed by atoms with Crippen LogP contribution >= 0.6 is 0 Å². The third-order valence-corrected chi connectivity index (χ3v) is 3.46. The molecule has 5 nitrogen and oxygen atoms in total. The van der Waals surface area contributed by atoms with Crippen molar-refractivity contribution < 1.29 is 4.74 Å². The maximum Gasteiger partial charge on any atom is 0.124 e. The second-order valence-corrected chi connectivity index (χ2v) is 5.23. The fourth-order valence-electron chi connectivity index (χ4n) is 2.36. The Labute approximate surface area is 126 Å². The summed E-state index contributed by atoms with van der Waals surface area (Å²) in [5.74, 6) is 1.90. The average molecular weight is 288 g/mol. The Morgan fingerprint density at radius 2 is 2.14 bits per heavy atom. The van der Waals surface area contributed by atoms with Gasteiger partial charge < -0.3 is 15.0 Å². The fourth-order valence-corrected chi connectivity index (χ4v) is 2.36. The number of para-hydroxylation sites is 1. The highest BCUT2D eigenvalue weighted by Crippen LogP contribution is 2.24. The topological polar surface area (TPSA) is 56.3 Å². The van der Waals surface area contributed by atoms with E-state index in [9.17, 15) is 0 Å². The molecule has 1 atom stereocenters. The standard InChI is InChI=1S/C16H24N4O/c1-4-21-15-8-6-5-7-13(15)14(17)11-19(2)12-16-18-9-10-20(16)3/h5-10,14H,4,11-12,17H2,1-3H3. The van der Waals surface area contributed by atoms with Gasteiger partial charge in [0.2, 0.25) is 0 Å². The van der Waals surface area contributed by atoms with Crippen LogP contribution in [0.25, 0.3) is 0 Å². The molecule has 0 bridgehead atoms. The van der Waals surface area contributed by atoms with Crippen molar-refractivity contribution in [1.82, 2.24) is 14.5 Å². The summed E-state index contributed by atoms with van der Waals surface area (Å²) in [6, 6.07) is 7.88. The average Bonchev–Trinajstić information content (AvgIpc) is 2.85. The summed E-state index contributed by atoms with van der Waals surface area (Å²) >= 11 is 0. The smallest absolute Gasteiger partial charge is 0.124 e. The van der Waals surface area contributed by atoms with Crippen LogP contribution in [0.2, 0.25) is 0 Å². The third-order valence-electron chi connectivity index (χ3n) is 3.46. The largest absolute Gasteiger partial charge is 0.494 e. The quantitative estimate of drug-likeness (QED) is 0.846. The predicted octanol–water partition coefficient (Wildman–Crippen LogP) is 1.95. The van der Waals surface area contributed by atoms with E-state index in [1.807, 2.05) is 55.2 Å². The van der Waals surface area contributed by atoms with Gasteiger partial charge in [-0.25, -0.2) is 4.98 Å². The number of hydrogen-bond acceptors (Lipinski definition) is 4. The Morgan fingerprint density at radius 3 is 2.81 bits per heavy atom. The molecule has 0 spiro atoms. The molecule has 0 fully saturated rings. The van der Waals surface area contributed by atoms with Gasteiger partial charge in [-0.15, -0.1) is 0 Å². The summed E-state index contributed by atoms with van der Waals surface area (Å²) in [6.45, 7) is 4.15. The first-order valence-electron chi connectivity index (χ1n) is 7.23. The number of rotatable bonds is 7. The molecule has 1 heterocycles. The van der Waals surface area contributed by atoms with Gasteiger partial charge in [-0.2, -0.15) is 0 Å². The van der Waals surface area contributed by atoms with Crippen LogP contribution in [0.3, 0.4) is 0 Å². The number of aromatic nitrogens is 2. The zero-order valence-corrected chi connectivity index (χ0v) is 13.0. The lowest BCUT2D eigenvalue weighted by Gasteiger charge is -2.22. The van der Waals surface area contributed by atoms with Crippen molar-refractivity contribution in [1.29, 1.82) is 0 Å². The molecular weight excluding hydrogens is 264 g/mol. The number of benzene rings is 1. The maximum atomic E-state index is 6.35. The van der Waals surface area contributed by atoms with Gasteiger partial charge in [0.15, 0.2) is 0 Å². The van der Waals surface area contributed by atoms with Crippen LogP contribution in [0, 0.1) is 0 Å². The second kappa shape index (κ2) is 7.24. The minimum atomic E-state index is -0.0852. The van der Waals surface area contributed by atoms with Gasteiger partial charge in [0, 0.05) is 37.6 Å². The zero-order valence-electron chi connectivity index (χ0n) is 13.0. The SMILES string of the molecule is CCOc1ccccc1C(N)CN(C)Cc1nccn1C. The minimum Gasteiger partial charge on any atom is -0.494 e. The summed E-state index contributed by atoms with van der Waals surface area (Å²) in [5.41, 5.74) is 7.39. The van der Waals surface area contributed by atoms with E-state index in [0.29, 0.717) is 6.61 Å². The van der Waals surface area contributed by atoms with Crippen molar-refractivity contribution in [3.05, 3.63) is 48.0 Å². The van der Waals surface area contributed by atoms with Crippen LogP contribution in [-0.4, -0.2) is 34.7 Å². The molecule has 2 rings (SSSR count). The van der Waals surface area contributed by atoms with E-state index in [2.05, 4.69) is 16.9 Å². The molecule has 21 heavy (non-hydrogen) atoms. The molecule has 0 aliphatic rings. The molecule has 1 aromatic heterocycles. The lowest BCUT2D eigenvalue weighted by molar-refractivity contribution is 0.287. The third kappa shape index (κ3) is 4.06. The molecule has 114 valence electrons. The van der Waals surface area contributed by atoms with Crippen molar-refractivity contribution in [2.24, 2.45) is 12.8 Å². The highest BCUT2D eigenvalue weighted by Gasteiger charge is 2.15. The molecule has 1 aromatic carbocycles. The number of imidazole rings is 1. The van der Waals surface area contributed by atoms with Gasteiger partial charge in [-0.05, 0) is 20.0 Å². The molecule has 2 N–H and O–H groups in total. The van der Waals surface area contributed by atoms with E-state index >= 15 is 0 Å². The highest BCUT2D eigenvalue weighted by molar-refractivity contribution is 5.35. The molecule has 0 saturated carbocycles. The number of ether oxygens (including phenoxy) is 1. The van der Waals surface area contributed by atoms with Crippen LogP contribution < -0.4 is 10.5 Å². The van der Waals surface area contributed by atoms with E-state index in [0.717, 1.165) is 30.2 Å². The maximum absolute atomic E-state index is 6.35. The first-order valence-corrected chi connectivity index (χ1v) is 7.23. The molecule has 2 aromatic rings. The molecule has 0 aliphatic carbocycles. The summed E-state index contributed by atoms with van der Waals surface area (Å²) < 4.78 is 7.67. The second-order valence-electron chi connectivity index (χ2n) is 5.23. The number of nitrogens with two attached hydrogens (primary N) is 1. The zero-order chi connectivity index (χ0) is 15.2. The van der Waals surface area contributed by atoms with Crippen molar-refractivity contribution in [3.63, 3.8) is 0 Å². The first-order chi connectivity index (χ1) is 10.1. The van der Waals surface area contributed by atoms with Gasteiger partial charge in [-0.1, -0.05) is 18.2 Å². The van der Waals surface area contributed by atoms with Crippen LogP contribution in [0.1, 0.15) is 24.4 Å². The fraction of sp³-hybridized carbons (Fsp3) is 0.438. The number of hydrogen-bond donors (Lipinski definition) is 1. The van der Waals surface area contributed by atoms with Crippen molar-refractivity contribution in [2.45, 2.75) is 19.5 Å². The summed E-state index contributed by atoms with van der Waals surface area (Å²) in [4.78, 5) is 6.51. The number of aryl methyl sites for hydroxylation is 1. The Morgan fingerprint density at radius 1 is 1.38 bits per heavy atom. The number of nitrogens with zero attached hydrogens (tertiary/aromatic N) is 3. The van der Waals surface area contributed by atoms with E-state index in [4.69, 9.17) is 10.5 Å². The molecule has 0 saturated heterocycles. The Balaban J connectivity index is 2.00. The van der Waals surface area contributed by atoms with Gasteiger partial charge in [0.1, 0.15) is 11.6 Å². The van der Waals surface area contributed by atoms with E-state index in [-0.39, 0.29) is 6.04 Å². The van der Waals surface area contributed by atoms with E-state index < -0.39 is 0 Å². The van der Waals surface area contributed by atoms with Crippen LogP contribution in [0.5, 0.6) is 5.75 Å². The van der Waals surface area contributed by atoms with Crippen LogP contribution in [0.4, 0.5) is 0 Å². The minimum absolute atomic E-state index is 0.0852. The lowest BCUT2D eigenvalue weighted by Crippen LogP contribution is -2.30. The van der Waals surface area contributed by atoms with Gasteiger partial charge >= 0.3 is 0 Å². The first kappa shape index (κ1) is 15.5. The van der Waals surface area contributed by atoms with E-state index in [1.165, 1.54) is 0 Å². The normalized spacial score (nSPS) is 12.6. The Bertz CT molecular complexity index is 567. The lowest BCUT2D eigenvalue weighted by atomic mass is 10.1. The monoisotopic (exact) mass is 288 g/mol.